The van der Waals surface area contributed by atoms with Crippen LogP contribution in [0.4, 0.5) is 0 Å². The van der Waals surface area contributed by atoms with Gasteiger partial charge in [0.05, 0.1) is 0 Å². The Morgan fingerprint density at radius 3 is 2.79 bits per heavy atom. The van der Waals surface area contributed by atoms with Crippen molar-refractivity contribution in [2.45, 2.75) is 20.4 Å². The Kier molecular flexibility index (Phi) is 2.51. The van der Waals surface area contributed by atoms with Gasteiger partial charge in [0.2, 0.25) is 0 Å². The van der Waals surface area contributed by atoms with E-state index in [9.17, 15) is 0 Å². The highest BCUT2D eigenvalue weighted by atomic mass is 35.5. The van der Waals surface area contributed by atoms with Gasteiger partial charge >= 0.3 is 0 Å². The molecule has 0 radical (unpaired) electrons. The first-order valence-electron chi connectivity index (χ1n) is 4.91. The molecule has 0 aliphatic carbocycles. The fourth-order valence-electron chi connectivity index (χ4n) is 1.72. The fourth-order valence-corrected chi connectivity index (χ4v) is 1.90. The molecule has 0 N–H and O–H groups in total. The lowest BCUT2D eigenvalue weighted by Crippen LogP contribution is -2.02. The minimum absolute atomic E-state index is 0.668. The molecule has 2 aromatic rings. The monoisotopic (exact) mass is 207 g/mol. The number of fused-ring (bicyclic) bond motifs is 1. The lowest BCUT2D eigenvalue weighted by atomic mass is 10.2. The summed E-state index contributed by atoms with van der Waals surface area (Å²) in [5.74, 6) is 0.668. The van der Waals surface area contributed by atoms with E-state index in [-0.39, 0.29) is 0 Å². The molecule has 0 saturated carbocycles. The van der Waals surface area contributed by atoms with Crippen molar-refractivity contribution in [1.29, 1.82) is 0 Å². The van der Waals surface area contributed by atoms with Crippen LogP contribution in [-0.4, -0.2) is 4.57 Å². The van der Waals surface area contributed by atoms with Crippen molar-refractivity contribution in [3.63, 3.8) is 0 Å². The summed E-state index contributed by atoms with van der Waals surface area (Å²) in [7, 11) is 0. The van der Waals surface area contributed by atoms with Crippen LogP contribution >= 0.6 is 11.6 Å². The third-order valence-corrected chi connectivity index (χ3v) is 2.53. The average molecular weight is 208 g/mol. The molecule has 0 fully saturated rings. The Bertz CT molecular complexity index is 443. The molecule has 74 valence electrons. The number of halogens is 1. The third-order valence-electron chi connectivity index (χ3n) is 2.29. The number of rotatable bonds is 2. The molecule has 14 heavy (non-hydrogen) atoms. The molecule has 0 atom stereocenters. The van der Waals surface area contributed by atoms with Gasteiger partial charge in [-0.15, -0.1) is 0 Å². The smallest absolute Gasteiger partial charge is 0.0481 e. The maximum atomic E-state index is 5.92. The summed E-state index contributed by atoms with van der Waals surface area (Å²) in [5.41, 5.74) is 1.27. The van der Waals surface area contributed by atoms with E-state index in [2.05, 4.69) is 36.7 Å². The van der Waals surface area contributed by atoms with E-state index in [4.69, 9.17) is 11.6 Å². The van der Waals surface area contributed by atoms with Crippen LogP contribution in [0.25, 0.3) is 10.9 Å². The zero-order chi connectivity index (χ0) is 10.1. The molecule has 0 bridgehead atoms. The van der Waals surface area contributed by atoms with Gasteiger partial charge in [-0.2, -0.15) is 0 Å². The van der Waals surface area contributed by atoms with Gasteiger partial charge in [0.25, 0.3) is 0 Å². The van der Waals surface area contributed by atoms with Crippen LogP contribution in [0.3, 0.4) is 0 Å². The minimum Gasteiger partial charge on any atom is -0.347 e. The Morgan fingerprint density at radius 2 is 2.07 bits per heavy atom. The van der Waals surface area contributed by atoms with Crippen LogP contribution in [0.1, 0.15) is 13.8 Å². The first kappa shape index (κ1) is 9.60. The van der Waals surface area contributed by atoms with Crippen molar-refractivity contribution in [2.75, 3.05) is 0 Å². The van der Waals surface area contributed by atoms with Crippen LogP contribution in [0.2, 0.25) is 5.02 Å². The second kappa shape index (κ2) is 3.66. The van der Waals surface area contributed by atoms with Crippen LogP contribution < -0.4 is 0 Å². The Hall–Kier alpha value is -0.950. The normalized spacial score (nSPS) is 11.4. The summed E-state index contributed by atoms with van der Waals surface area (Å²) in [6, 6.07) is 8.15. The van der Waals surface area contributed by atoms with E-state index < -0.39 is 0 Å². The molecule has 1 aromatic heterocycles. The highest BCUT2D eigenvalue weighted by molar-refractivity contribution is 6.31. The summed E-state index contributed by atoms with van der Waals surface area (Å²) in [5, 5.41) is 2.03. The van der Waals surface area contributed by atoms with Crippen molar-refractivity contribution in [3.05, 3.63) is 35.5 Å². The summed E-state index contributed by atoms with van der Waals surface area (Å²) < 4.78 is 2.27. The lowest BCUT2D eigenvalue weighted by Gasteiger charge is -2.07. The van der Waals surface area contributed by atoms with Gasteiger partial charge in [-0.25, -0.2) is 0 Å². The second-order valence-electron chi connectivity index (χ2n) is 4.07. The highest BCUT2D eigenvalue weighted by Crippen LogP contribution is 2.21. The van der Waals surface area contributed by atoms with Gasteiger partial charge in [0, 0.05) is 28.7 Å². The molecule has 0 saturated heterocycles. The van der Waals surface area contributed by atoms with Crippen LogP contribution in [0, 0.1) is 5.92 Å². The molecule has 0 aliphatic heterocycles. The van der Waals surface area contributed by atoms with Crippen molar-refractivity contribution in [3.8, 4) is 0 Å². The molecule has 0 amide bonds. The SMILES string of the molecule is CC(C)Cn1ccc2cc(Cl)ccc21. The van der Waals surface area contributed by atoms with Crippen molar-refractivity contribution >= 4 is 22.5 Å². The van der Waals surface area contributed by atoms with Crippen LogP contribution in [0.5, 0.6) is 0 Å². The number of nitrogens with zero attached hydrogens (tertiary/aromatic N) is 1. The molecule has 1 heterocycles. The Labute approximate surface area is 89.3 Å². The number of aromatic nitrogens is 1. The van der Waals surface area contributed by atoms with Crippen molar-refractivity contribution in [1.82, 2.24) is 4.57 Å². The largest absolute Gasteiger partial charge is 0.347 e. The van der Waals surface area contributed by atoms with Gasteiger partial charge < -0.3 is 4.57 Å². The standard InChI is InChI=1S/C12H14ClN/c1-9(2)8-14-6-5-10-7-11(13)3-4-12(10)14/h3-7,9H,8H2,1-2H3. The molecule has 0 unspecified atom stereocenters. The summed E-state index contributed by atoms with van der Waals surface area (Å²) in [4.78, 5) is 0. The molecule has 0 spiro atoms. The van der Waals surface area contributed by atoms with E-state index in [1.807, 2.05) is 12.1 Å². The van der Waals surface area contributed by atoms with E-state index in [1.54, 1.807) is 0 Å². The Balaban J connectivity index is 2.47. The molecular weight excluding hydrogens is 194 g/mol. The zero-order valence-electron chi connectivity index (χ0n) is 8.50. The quantitative estimate of drug-likeness (QED) is 0.703. The van der Waals surface area contributed by atoms with Gasteiger partial charge in [0.1, 0.15) is 0 Å². The summed E-state index contributed by atoms with van der Waals surface area (Å²) >= 11 is 5.92. The summed E-state index contributed by atoms with van der Waals surface area (Å²) in [6.45, 7) is 5.51. The van der Waals surface area contributed by atoms with Gasteiger partial charge in [-0.1, -0.05) is 25.4 Å². The minimum atomic E-state index is 0.668. The molecule has 1 nitrogen and oxygen atoms in total. The average Bonchev–Trinajstić information content (AvgIpc) is 2.47. The Morgan fingerprint density at radius 1 is 1.29 bits per heavy atom. The first-order chi connectivity index (χ1) is 6.66. The zero-order valence-corrected chi connectivity index (χ0v) is 9.25. The van der Waals surface area contributed by atoms with Crippen LogP contribution in [0.15, 0.2) is 30.5 Å². The predicted octanol–water partition coefficient (Wildman–Crippen LogP) is 3.95. The third kappa shape index (κ3) is 1.78. The number of hydrogen-bond acceptors (Lipinski definition) is 0. The topological polar surface area (TPSA) is 4.93 Å². The first-order valence-corrected chi connectivity index (χ1v) is 5.29. The highest BCUT2D eigenvalue weighted by Gasteiger charge is 2.02. The van der Waals surface area contributed by atoms with Crippen LogP contribution in [-0.2, 0) is 6.54 Å². The number of benzene rings is 1. The van der Waals surface area contributed by atoms with Gasteiger partial charge in [-0.05, 0) is 30.2 Å². The van der Waals surface area contributed by atoms with Crippen molar-refractivity contribution < 1.29 is 0 Å². The van der Waals surface area contributed by atoms with E-state index >= 15 is 0 Å². The molecular formula is C12H14ClN. The lowest BCUT2D eigenvalue weighted by molar-refractivity contribution is 0.535. The fraction of sp³-hybridized carbons (Fsp3) is 0.333. The second-order valence-corrected chi connectivity index (χ2v) is 4.50. The van der Waals surface area contributed by atoms with E-state index in [1.165, 1.54) is 10.9 Å². The van der Waals surface area contributed by atoms with E-state index in [0.717, 1.165) is 11.6 Å². The number of hydrogen-bond donors (Lipinski definition) is 0. The molecule has 1 aromatic carbocycles. The predicted molar refractivity (Wildman–Crippen MR) is 61.8 cm³/mol. The maximum Gasteiger partial charge on any atom is 0.0481 e. The van der Waals surface area contributed by atoms with Gasteiger partial charge in [-0.3, -0.25) is 0 Å². The van der Waals surface area contributed by atoms with Gasteiger partial charge in [0.15, 0.2) is 0 Å². The molecule has 2 rings (SSSR count). The van der Waals surface area contributed by atoms with Crippen molar-refractivity contribution in [2.24, 2.45) is 5.92 Å². The molecule has 0 aliphatic rings. The van der Waals surface area contributed by atoms with E-state index in [0.29, 0.717) is 5.92 Å². The maximum absolute atomic E-state index is 5.92. The molecule has 2 heteroatoms. The summed E-state index contributed by atoms with van der Waals surface area (Å²) in [6.07, 6.45) is 2.13.